The number of nitrogens with zero attached hydrogens (tertiary/aromatic N) is 5. The summed E-state index contributed by atoms with van der Waals surface area (Å²) in [6.45, 7) is 2.80. The number of carbonyl (C=O) groups is 1. The number of aryl methyl sites for hydroxylation is 2. The Morgan fingerprint density at radius 3 is 2.76 bits per heavy atom. The normalized spacial score (nSPS) is 15.6. The number of benzene rings is 2. The van der Waals surface area contributed by atoms with Gasteiger partial charge in [-0.1, -0.05) is 30.3 Å². The van der Waals surface area contributed by atoms with Gasteiger partial charge in [0.05, 0.1) is 24.2 Å². The molecule has 0 spiro atoms. The minimum absolute atomic E-state index is 0.00692. The van der Waals surface area contributed by atoms with E-state index in [-0.39, 0.29) is 23.1 Å². The van der Waals surface area contributed by atoms with Crippen LogP contribution < -0.4 is 0 Å². The van der Waals surface area contributed by atoms with Gasteiger partial charge in [-0.25, -0.2) is 4.39 Å². The highest BCUT2D eigenvalue weighted by atomic mass is 19.1. The summed E-state index contributed by atoms with van der Waals surface area (Å²) in [5.41, 5.74) is 1.54. The van der Waals surface area contributed by atoms with Crippen molar-refractivity contribution in [1.29, 1.82) is 5.26 Å². The first-order valence-electron chi connectivity index (χ1n) is 9.51. The number of amides is 1. The zero-order valence-corrected chi connectivity index (χ0v) is 16.0. The quantitative estimate of drug-likeness (QED) is 0.686. The Labute approximate surface area is 168 Å². The van der Waals surface area contributed by atoms with E-state index in [0.717, 1.165) is 30.6 Å². The highest BCUT2D eigenvalue weighted by Gasteiger charge is 2.29. The molecular weight excluding hydrogens is 369 g/mol. The number of aromatic nitrogens is 3. The second-order valence-corrected chi connectivity index (χ2v) is 7.26. The van der Waals surface area contributed by atoms with Crippen molar-refractivity contribution in [3.63, 3.8) is 0 Å². The van der Waals surface area contributed by atoms with E-state index in [1.54, 1.807) is 4.90 Å². The number of carbonyl (C=O) groups excluding carboxylic acids is 1. The largest absolute Gasteiger partial charge is 0.329 e. The topological polar surface area (TPSA) is 74.8 Å². The molecule has 0 saturated carbocycles. The van der Waals surface area contributed by atoms with E-state index in [4.69, 9.17) is 5.26 Å². The van der Waals surface area contributed by atoms with Gasteiger partial charge in [0.1, 0.15) is 11.6 Å². The standard InChI is InChI=1S/C22H20FN5O/c1-15-13-27(22(29)18-9-17(12-24)10-19(23)11-18)14-21-26-25-20(28(15)21)8-7-16-5-3-2-4-6-16/h2-6,9-11,15H,7-8,13-14H2,1H3/t15-/m0/s1. The molecule has 0 unspecified atom stereocenters. The van der Waals surface area contributed by atoms with Crippen LogP contribution in [0.3, 0.4) is 0 Å². The molecule has 29 heavy (non-hydrogen) atoms. The maximum atomic E-state index is 13.7. The summed E-state index contributed by atoms with van der Waals surface area (Å²) in [5, 5.41) is 17.7. The molecule has 2 heterocycles. The molecule has 0 aliphatic carbocycles. The average Bonchev–Trinajstić information content (AvgIpc) is 3.15. The van der Waals surface area contributed by atoms with E-state index in [2.05, 4.69) is 26.9 Å². The van der Waals surface area contributed by atoms with Gasteiger partial charge in [-0.05, 0) is 37.1 Å². The number of hydrogen-bond acceptors (Lipinski definition) is 4. The molecule has 0 fully saturated rings. The number of rotatable bonds is 4. The predicted octanol–water partition coefficient (Wildman–Crippen LogP) is 3.29. The Kier molecular flexibility index (Phi) is 5.09. The number of fused-ring (bicyclic) bond motifs is 1. The highest BCUT2D eigenvalue weighted by Crippen LogP contribution is 2.24. The van der Waals surface area contributed by atoms with E-state index in [1.807, 2.05) is 31.2 Å². The van der Waals surface area contributed by atoms with Crippen molar-refractivity contribution in [2.24, 2.45) is 0 Å². The lowest BCUT2D eigenvalue weighted by atomic mass is 10.1. The summed E-state index contributed by atoms with van der Waals surface area (Å²) in [6.07, 6.45) is 1.64. The summed E-state index contributed by atoms with van der Waals surface area (Å²) in [6, 6.07) is 15.8. The Hall–Kier alpha value is -3.53. The van der Waals surface area contributed by atoms with E-state index < -0.39 is 5.82 Å². The number of hydrogen-bond donors (Lipinski definition) is 0. The molecule has 0 N–H and O–H groups in total. The molecule has 1 aliphatic heterocycles. The van der Waals surface area contributed by atoms with Crippen LogP contribution in [0.15, 0.2) is 48.5 Å². The SMILES string of the molecule is C[C@H]1CN(C(=O)c2cc(F)cc(C#N)c2)Cc2nnc(CCc3ccccc3)n21. The second kappa shape index (κ2) is 7.84. The smallest absolute Gasteiger partial charge is 0.254 e. The molecule has 1 amide bonds. The van der Waals surface area contributed by atoms with Gasteiger partial charge >= 0.3 is 0 Å². The maximum Gasteiger partial charge on any atom is 0.254 e. The van der Waals surface area contributed by atoms with Crippen LogP contribution in [-0.2, 0) is 19.4 Å². The van der Waals surface area contributed by atoms with Gasteiger partial charge in [0.15, 0.2) is 5.82 Å². The summed E-state index contributed by atoms with van der Waals surface area (Å²) in [4.78, 5) is 14.5. The molecule has 1 aromatic heterocycles. The Morgan fingerprint density at radius 2 is 2.00 bits per heavy atom. The van der Waals surface area contributed by atoms with Crippen LogP contribution in [0.25, 0.3) is 0 Å². The van der Waals surface area contributed by atoms with E-state index in [0.29, 0.717) is 13.1 Å². The van der Waals surface area contributed by atoms with Crippen LogP contribution in [0.1, 0.15) is 46.1 Å². The minimum Gasteiger partial charge on any atom is -0.329 e. The fraction of sp³-hybridized carbons (Fsp3) is 0.273. The van der Waals surface area contributed by atoms with Gasteiger partial charge < -0.3 is 9.47 Å². The molecule has 3 aromatic rings. The van der Waals surface area contributed by atoms with Crippen molar-refractivity contribution in [3.8, 4) is 6.07 Å². The average molecular weight is 389 g/mol. The lowest BCUT2D eigenvalue weighted by molar-refractivity contribution is 0.0679. The zero-order chi connectivity index (χ0) is 20.4. The van der Waals surface area contributed by atoms with Crippen molar-refractivity contribution in [3.05, 3.63) is 82.7 Å². The van der Waals surface area contributed by atoms with Crippen molar-refractivity contribution in [2.45, 2.75) is 32.4 Å². The van der Waals surface area contributed by atoms with Crippen molar-refractivity contribution in [1.82, 2.24) is 19.7 Å². The third-order valence-corrected chi connectivity index (χ3v) is 5.14. The molecule has 4 rings (SSSR count). The predicted molar refractivity (Wildman–Crippen MR) is 104 cm³/mol. The molecule has 0 radical (unpaired) electrons. The van der Waals surface area contributed by atoms with Gasteiger partial charge in [-0.15, -0.1) is 10.2 Å². The van der Waals surface area contributed by atoms with Crippen LogP contribution >= 0.6 is 0 Å². The monoisotopic (exact) mass is 389 g/mol. The first-order valence-corrected chi connectivity index (χ1v) is 9.51. The summed E-state index contributed by atoms with van der Waals surface area (Å²) < 4.78 is 15.8. The van der Waals surface area contributed by atoms with Crippen molar-refractivity contribution >= 4 is 5.91 Å². The Balaban J connectivity index is 1.52. The number of halogens is 1. The van der Waals surface area contributed by atoms with Crippen LogP contribution in [0.2, 0.25) is 0 Å². The van der Waals surface area contributed by atoms with Crippen LogP contribution in [0.4, 0.5) is 4.39 Å². The Bertz CT molecular complexity index is 1090. The molecule has 0 saturated heterocycles. The molecule has 146 valence electrons. The fourth-order valence-corrected chi connectivity index (χ4v) is 3.80. The van der Waals surface area contributed by atoms with E-state index >= 15 is 0 Å². The van der Waals surface area contributed by atoms with Crippen LogP contribution in [-0.4, -0.2) is 32.1 Å². The summed E-state index contributed by atoms with van der Waals surface area (Å²) in [7, 11) is 0. The van der Waals surface area contributed by atoms with E-state index in [9.17, 15) is 9.18 Å². The molecule has 0 bridgehead atoms. The van der Waals surface area contributed by atoms with Crippen molar-refractivity contribution in [2.75, 3.05) is 6.54 Å². The number of nitriles is 1. The van der Waals surface area contributed by atoms with Gasteiger partial charge in [-0.3, -0.25) is 4.79 Å². The molecule has 2 aromatic carbocycles. The summed E-state index contributed by atoms with van der Waals surface area (Å²) in [5.74, 6) is 0.717. The Morgan fingerprint density at radius 1 is 1.21 bits per heavy atom. The first kappa shape index (κ1) is 18.8. The molecule has 1 atom stereocenters. The molecule has 7 heteroatoms. The van der Waals surface area contributed by atoms with Crippen molar-refractivity contribution < 1.29 is 9.18 Å². The lowest BCUT2D eigenvalue weighted by Crippen LogP contribution is -2.40. The first-order chi connectivity index (χ1) is 14.0. The highest BCUT2D eigenvalue weighted by molar-refractivity contribution is 5.94. The third-order valence-electron chi connectivity index (χ3n) is 5.14. The molecule has 1 aliphatic rings. The van der Waals surface area contributed by atoms with Gasteiger partial charge in [0, 0.05) is 18.5 Å². The summed E-state index contributed by atoms with van der Waals surface area (Å²) >= 11 is 0. The minimum atomic E-state index is -0.594. The van der Waals surface area contributed by atoms with Crippen LogP contribution in [0, 0.1) is 17.1 Å². The maximum absolute atomic E-state index is 13.7. The molecule has 6 nitrogen and oxygen atoms in total. The fourth-order valence-electron chi connectivity index (χ4n) is 3.80. The lowest BCUT2D eigenvalue weighted by Gasteiger charge is -2.32. The van der Waals surface area contributed by atoms with Gasteiger partial charge in [0.2, 0.25) is 0 Å². The second-order valence-electron chi connectivity index (χ2n) is 7.26. The van der Waals surface area contributed by atoms with Crippen LogP contribution in [0.5, 0.6) is 0 Å². The third kappa shape index (κ3) is 3.87. The van der Waals surface area contributed by atoms with Gasteiger partial charge in [0.25, 0.3) is 5.91 Å². The molecular formula is C22H20FN5O. The zero-order valence-electron chi connectivity index (χ0n) is 16.0. The van der Waals surface area contributed by atoms with Gasteiger partial charge in [-0.2, -0.15) is 5.26 Å². The van der Waals surface area contributed by atoms with E-state index in [1.165, 1.54) is 17.7 Å².